The first-order chi connectivity index (χ1) is 5.52. The molecule has 0 saturated heterocycles. The minimum Gasteiger partial charge on any atom is -0.479 e. The summed E-state index contributed by atoms with van der Waals surface area (Å²) in [7, 11) is 0. The number of Topliss-reactive ketones (excluding diaryl/α,β-unsaturated/α-hetero) is 1. The lowest BCUT2D eigenvalue weighted by molar-refractivity contribution is -0.139. The van der Waals surface area contributed by atoms with E-state index in [0.29, 0.717) is 12.8 Å². The van der Waals surface area contributed by atoms with E-state index in [9.17, 15) is 9.59 Å². The molecule has 1 N–H and O–H groups in total. The topological polar surface area (TPSA) is 63.6 Å². The van der Waals surface area contributed by atoms with E-state index in [0.717, 1.165) is 0 Å². The van der Waals surface area contributed by atoms with Crippen LogP contribution in [-0.4, -0.2) is 28.5 Å². The number of carboxylic acids is 1. The van der Waals surface area contributed by atoms with Gasteiger partial charge in [0.05, 0.1) is 0 Å². The number of ether oxygens (including phenoxy) is 1. The molecule has 0 bridgehead atoms. The number of rotatable bonds is 5. The van der Waals surface area contributed by atoms with Gasteiger partial charge >= 0.3 is 5.97 Å². The molecule has 12 heavy (non-hydrogen) atoms. The highest BCUT2D eigenvalue weighted by Gasteiger charge is 2.03. The van der Waals surface area contributed by atoms with Crippen LogP contribution in [0.4, 0.5) is 0 Å². The third-order valence-corrected chi connectivity index (χ3v) is 1.36. The van der Waals surface area contributed by atoms with E-state index < -0.39 is 12.6 Å². The summed E-state index contributed by atoms with van der Waals surface area (Å²) < 4.78 is 4.63. The van der Waals surface area contributed by atoms with E-state index in [4.69, 9.17) is 5.11 Å². The van der Waals surface area contributed by atoms with Crippen molar-refractivity contribution in [1.82, 2.24) is 0 Å². The summed E-state index contributed by atoms with van der Waals surface area (Å²) in [5.74, 6) is -1.06. The highest BCUT2D eigenvalue weighted by molar-refractivity contribution is 7.80. The molecule has 0 unspecified atom stereocenters. The van der Waals surface area contributed by atoms with Crippen molar-refractivity contribution in [3.63, 3.8) is 0 Å². The number of hydrogen-bond donors (Lipinski definition) is 1. The van der Waals surface area contributed by atoms with Crippen LogP contribution in [0.5, 0.6) is 0 Å². The van der Waals surface area contributed by atoms with Gasteiger partial charge in [-0.3, -0.25) is 0 Å². The Morgan fingerprint density at radius 3 is 2.42 bits per heavy atom. The first kappa shape index (κ1) is 11.0. The average molecular weight is 190 g/mol. The minimum atomic E-state index is -1.07. The van der Waals surface area contributed by atoms with Crippen LogP contribution >= 0.6 is 12.2 Å². The van der Waals surface area contributed by atoms with Gasteiger partial charge in [0, 0.05) is 12.8 Å². The number of thiocarbonyl (C=S) groups is 1. The summed E-state index contributed by atoms with van der Waals surface area (Å²) >= 11 is 4.65. The van der Waals surface area contributed by atoms with Gasteiger partial charge in [0.2, 0.25) is 0 Å². The summed E-state index contributed by atoms with van der Waals surface area (Å²) in [5, 5.41) is 8.36. The molecule has 0 spiro atoms. The minimum absolute atomic E-state index is 0.0104. The SMILES string of the molecule is CC(=O)CCC(=S)OCC(=O)O. The van der Waals surface area contributed by atoms with E-state index >= 15 is 0 Å². The lowest BCUT2D eigenvalue weighted by Gasteiger charge is -2.02. The molecule has 0 aromatic rings. The quantitative estimate of drug-likeness (QED) is 0.649. The third-order valence-electron chi connectivity index (χ3n) is 1.04. The van der Waals surface area contributed by atoms with Crippen LogP contribution in [0.2, 0.25) is 0 Å². The van der Waals surface area contributed by atoms with Crippen LogP contribution in [0, 0.1) is 0 Å². The zero-order valence-corrected chi connectivity index (χ0v) is 7.52. The monoisotopic (exact) mass is 190 g/mol. The van der Waals surface area contributed by atoms with Crippen molar-refractivity contribution in [2.45, 2.75) is 19.8 Å². The molecule has 0 amide bonds. The smallest absolute Gasteiger partial charge is 0.341 e. The summed E-state index contributed by atoms with van der Waals surface area (Å²) in [6, 6.07) is 0. The third kappa shape index (κ3) is 7.14. The maximum atomic E-state index is 10.5. The zero-order valence-electron chi connectivity index (χ0n) is 6.70. The Labute approximate surface area is 75.5 Å². The fourth-order valence-electron chi connectivity index (χ4n) is 0.492. The molecule has 0 fully saturated rings. The molecule has 5 heteroatoms. The van der Waals surface area contributed by atoms with Gasteiger partial charge in [-0.05, 0) is 19.1 Å². The Balaban J connectivity index is 3.47. The fraction of sp³-hybridized carbons (Fsp3) is 0.571. The van der Waals surface area contributed by atoms with Crippen molar-refractivity contribution < 1.29 is 19.4 Å². The molecule has 0 saturated carbocycles. The standard InChI is InChI=1S/C7H10O4S/c1-5(8)2-3-7(12)11-4-6(9)10/h2-4H2,1H3,(H,9,10). The largest absolute Gasteiger partial charge is 0.479 e. The zero-order chi connectivity index (χ0) is 9.56. The van der Waals surface area contributed by atoms with Gasteiger partial charge in [-0.25, -0.2) is 4.79 Å². The predicted octanol–water partition coefficient (Wildman–Crippen LogP) is 0.784. The Kier molecular flexibility index (Phi) is 5.19. The number of hydrogen-bond acceptors (Lipinski definition) is 4. The van der Waals surface area contributed by atoms with Crippen LogP contribution in [0.15, 0.2) is 0 Å². The number of aliphatic carboxylic acids is 1. The van der Waals surface area contributed by atoms with Gasteiger partial charge in [0.1, 0.15) is 5.78 Å². The van der Waals surface area contributed by atoms with Crippen molar-refractivity contribution in [1.29, 1.82) is 0 Å². The molecular weight excluding hydrogens is 180 g/mol. The molecule has 0 aliphatic heterocycles. The van der Waals surface area contributed by atoms with Crippen LogP contribution in [0.1, 0.15) is 19.8 Å². The molecule has 0 radical (unpaired) electrons. The lowest BCUT2D eigenvalue weighted by atomic mass is 10.2. The van der Waals surface area contributed by atoms with Crippen LogP contribution in [0.25, 0.3) is 0 Å². The molecule has 0 aliphatic rings. The number of carbonyl (C=O) groups excluding carboxylic acids is 1. The van der Waals surface area contributed by atoms with Crippen LogP contribution < -0.4 is 0 Å². The molecule has 68 valence electrons. The maximum Gasteiger partial charge on any atom is 0.341 e. The number of ketones is 1. The molecular formula is C7H10O4S. The van der Waals surface area contributed by atoms with Crippen LogP contribution in [0.3, 0.4) is 0 Å². The van der Waals surface area contributed by atoms with E-state index in [2.05, 4.69) is 17.0 Å². The van der Waals surface area contributed by atoms with Gasteiger partial charge in [-0.1, -0.05) is 0 Å². The van der Waals surface area contributed by atoms with E-state index in [1.165, 1.54) is 6.92 Å². The van der Waals surface area contributed by atoms with Crippen molar-refractivity contribution in [3.05, 3.63) is 0 Å². The highest BCUT2D eigenvalue weighted by atomic mass is 32.1. The number of carboxylic acid groups (broad SMARTS) is 1. The van der Waals surface area contributed by atoms with Gasteiger partial charge in [0.25, 0.3) is 0 Å². The predicted molar refractivity (Wildman–Crippen MR) is 46.1 cm³/mol. The molecule has 0 aromatic heterocycles. The maximum absolute atomic E-state index is 10.5. The molecule has 0 rings (SSSR count). The van der Waals surface area contributed by atoms with Crippen LogP contribution in [-0.2, 0) is 14.3 Å². The Bertz CT molecular complexity index is 180. The van der Waals surface area contributed by atoms with Gasteiger partial charge in [-0.2, -0.15) is 0 Å². The van der Waals surface area contributed by atoms with Gasteiger partial charge in [-0.15, -0.1) is 0 Å². The van der Waals surface area contributed by atoms with E-state index in [-0.39, 0.29) is 10.8 Å². The van der Waals surface area contributed by atoms with Crippen molar-refractivity contribution in [2.24, 2.45) is 0 Å². The Morgan fingerprint density at radius 2 is 2.00 bits per heavy atom. The normalized spacial score (nSPS) is 9.08. The highest BCUT2D eigenvalue weighted by Crippen LogP contribution is 1.96. The molecule has 0 atom stereocenters. The van der Waals surface area contributed by atoms with E-state index in [1.54, 1.807) is 0 Å². The van der Waals surface area contributed by atoms with Crippen molar-refractivity contribution >= 4 is 29.0 Å². The van der Waals surface area contributed by atoms with E-state index in [1.807, 2.05) is 0 Å². The Morgan fingerprint density at radius 1 is 1.42 bits per heavy atom. The second kappa shape index (κ2) is 5.65. The van der Waals surface area contributed by atoms with Crippen molar-refractivity contribution in [3.8, 4) is 0 Å². The average Bonchev–Trinajstić information content (AvgIpc) is 1.96. The summed E-state index contributed by atoms with van der Waals surface area (Å²) in [4.78, 5) is 20.4. The second-order valence-electron chi connectivity index (χ2n) is 2.26. The fourth-order valence-corrected chi connectivity index (χ4v) is 0.653. The van der Waals surface area contributed by atoms with Gasteiger partial charge < -0.3 is 14.6 Å². The van der Waals surface area contributed by atoms with Crippen molar-refractivity contribution in [2.75, 3.05) is 6.61 Å². The lowest BCUT2D eigenvalue weighted by Crippen LogP contribution is -2.12. The summed E-state index contributed by atoms with van der Waals surface area (Å²) in [6.45, 7) is 1.01. The first-order valence-corrected chi connectivity index (χ1v) is 3.80. The molecule has 4 nitrogen and oxygen atoms in total. The molecule has 0 aliphatic carbocycles. The Hall–Kier alpha value is -0.970. The molecule has 0 heterocycles. The summed E-state index contributed by atoms with van der Waals surface area (Å²) in [6.07, 6.45) is 0.621. The van der Waals surface area contributed by atoms with Gasteiger partial charge in [0.15, 0.2) is 11.7 Å². The first-order valence-electron chi connectivity index (χ1n) is 3.39. The number of carbonyl (C=O) groups is 2. The second-order valence-corrected chi connectivity index (χ2v) is 2.71. The summed E-state index contributed by atoms with van der Waals surface area (Å²) in [5.41, 5.74) is 0. The molecule has 0 aromatic carbocycles.